The Kier molecular flexibility index (Phi) is 10.5. The molecule has 0 aliphatic rings. The molecule has 0 amide bonds. The number of carbonyl (C=O) groups excluding carboxylic acids is 1. The second-order valence-corrected chi connectivity index (χ2v) is 11.2. The zero-order chi connectivity index (χ0) is 29.1. The topological polar surface area (TPSA) is 119 Å². The van der Waals surface area contributed by atoms with Gasteiger partial charge in [-0.05, 0) is 66.8 Å². The summed E-state index contributed by atoms with van der Waals surface area (Å²) in [5.41, 5.74) is 1.38. The molecule has 2 N–H and O–H groups in total. The lowest BCUT2D eigenvalue weighted by molar-refractivity contribution is -0.143. The molecule has 0 fully saturated rings. The van der Waals surface area contributed by atoms with Crippen molar-refractivity contribution in [3.8, 4) is 5.75 Å². The van der Waals surface area contributed by atoms with E-state index in [9.17, 15) is 18.4 Å². The average Bonchev–Trinajstić information content (AvgIpc) is 2.96. The summed E-state index contributed by atoms with van der Waals surface area (Å²) in [5, 5.41) is 11.8. The number of unbranched alkanes of at least 4 members (excludes halogenated alkanes) is 1. The maximum Gasteiger partial charge on any atom is 0.307 e. The minimum absolute atomic E-state index is 0.0500. The summed E-state index contributed by atoms with van der Waals surface area (Å²) < 4.78 is 41.3. The second kappa shape index (κ2) is 14.5. The monoisotopic (exact) mass is 577 g/mol. The highest BCUT2D eigenvalue weighted by Gasteiger charge is 2.24. The smallest absolute Gasteiger partial charge is 0.307 e. The zero-order valence-electron chi connectivity index (χ0n) is 23.0. The van der Waals surface area contributed by atoms with Gasteiger partial charge in [-0.3, -0.25) is 9.79 Å². The number of nitrogens with one attached hydrogen (secondary N) is 1. The summed E-state index contributed by atoms with van der Waals surface area (Å²) in [6.45, 7) is 2.84. The van der Waals surface area contributed by atoms with Gasteiger partial charge in [0.25, 0.3) is 0 Å². The standard InChI is InChI=1S/C31H35N3O6S/c1-2-39-31(35)22-27(21-24-15-16-25-10-3-4-11-26(25)20-24)33-41(37,38)29-13-9-12-28(23-29)40-19-8-6-17-32-30-14-5-7-18-34(30)36/h3-5,7,9-16,18,20,23,27,33,36H,2,6,8,17,19,21-22H2,1H3. The molecule has 0 spiro atoms. The Balaban J connectivity index is 1.38. The summed E-state index contributed by atoms with van der Waals surface area (Å²) in [4.78, 5) is 16.7. The highest BCUT2D eigenvalue weighted by molar-refractivity contribution is 7.89. The molecule has 3 aromatic carbocycles. The summed E-state index contributed by atoms with van der Waals surface area (Å²) in [7, 11) is -3.96. The fourth-order valence-corrected chi connectivity index (χ4v) is 5.66. The van der Waals surface area contributed by atoms with Gasteiger partial charge < -0.3 is 14.7 Å². The predicted octanol–water partition coefficient (Wildman–Crippen LogP) is 4.48. The van der Waals surface area contributed by atoms with Crippen molar-refractivity contribution in [3.63, 3.8) is 0 Å². The third kappa shape index (κ3) is 8.92. The van der Waals surface area contributed by atoms with Crippen LogP contribution in [0, 0.1) is 0 Å². The summed E-state index contributed by atoms with van der Waals surface area (Å²) in [6, 6.07) is 24.7. The maximum atomic E-state index is 13.4. The molecule has 216 valence electrons. The number of fused-ring (bicyclic) bond motifs is 1. The van der Waals surface area contributed by atoms with Crippen molar-refractivity contribution in [2.24, 2.45) is 4.99 Å². The first-order valence-electron chi connectivity index (χ1n) is 13.6. The highest BCUT2D eigenvalue weighted by atomic mass is 32.2. The first-order chi connectivity index (χ1) is 19.8. The van der Waals surface area contributed by atoms with Crippen LogP contribution in [-0.4, -0.2) is 50.1 Å². The van der Waals surface area contributed by atoms with E-state index >= 15 is 0 Å². The summed E-state index contributed by atoms with van der Waals surface area (Å²) in [6.07, 6.45) is 3.17. The van der Waals surface area contributed by atoms with Gasteiger partial charge in [-0.25, -0.2) is 13.1 Å². The van der Waals surface area contributed by atoms with E-state index in [1.54, 1.807) is 37.3 Å². The van der Waals surface area contributed by atoms with Gasteiger partial charge >= 0.3 is 5.97 Å². The lowest BCUT2D eigenvalue weighted by Crippen LogP contribution is -2.38. The molecular weight excluding hydrogens is 542 g/mol. The average molecular weight is 578 g/mol. The van der Waals surface area contributed by atoms with E-state index < -0.39 is 22.0 Å². The zero-order valence-corrected chi connectivity index (χ0v) is 23.8. The van der Waals surface area contributed by atoms with E-state index in [2.05, 4.69) is 9.71 Å². The molecular formula is C31H35N3O6S. The molecule has 0 aliphatic carbocycles. The molecule has 0 aliphatic heterocycles. The van der Waals surface area contributed by atoms with Gasteiger partial charge in [-0.1, -0.05) is 54.6 Å². The van der Waals surface area contributed by atoms with Gasteiger partial charge in [0.1, 0.15) is 5.75 Å². The van der Waals surface area contributed by atoms with Gasteiger partial charge in [-0.2, -0.15) is 4.73 Å². The number of carbonyl (C=O) groups is 1. The largest absolute Gasteiger partial charge is 0.494 e. The molecule has 1 heterocycles. The van der Waals surface area contributed by atoms with E-state index in [4.69, 9.17) is 9.47 Å². The fraction of sp³-hybridized carbons (Fsp3) is 0.290. The second-order valence-electron chi connectivity index (χ2n) is 9.53. The first-order valence-corrected chi connectivity index (χ1v) is 15.1. The van der Waals surface area contributed by atoms with Crippen molar-refractivity contribution in [1.82, 2.24) is 9.45 Å². The minimum atomic E-state index is -3.96. The van der Waals surface area contributed by atoms with Gasteiger partial charge in [0.05, 0.1) is 24.5 Å². The van der Waals surface area contributed by atoms with E-state index in [0.29, 0.717) is 37.2 Å². The van der Waals surface area contributed by atoms with Crippen molar-refractivity contribution in [1.29, 1.82) is 0 Å². The van der Waals surface area contributed by atoms with Crippen molar-refractivity contribution < 1.29 is 27.9 Å². The number of nitrogens with zero attached hydrogens (tertiary/aromatic N) is 2. The molecule has 10 heteroatoms. The van der Waals surface area contributed by atoms with Crippen LogP contribution in [0.5, 0.6) is 5.75 Å². The van der Waals surface area contributed by atoms with Gasteiger partial charge in [0.2, 0.25) is 10.0 Å². The van der Waals surface area contributed by atoms with Crippen LogP contribution in [0.2, 0.25) is 0 Å². The number of esters is 1. The minimum Gasteiger partial charge on any atom is -0.494 e. The molecule has 0 saturated heterocycles. The fourth-order valence-electron chi connectivity index (χ4n) is 4.39. The van der Waals surface area contributed by atoms with Gasteiger partial charge in [0, 0.05) is 24.8 Å². The number of hydrogen-bond acceptors (Lipinski definition) is 7. The van der Waals surface area contributed by atoms with Crippen LogP contribution in [0.4, 0.5) is 0 Å². The van der Waals surface area contributed by atoms with Crippen molar-refractivity contribution in [2.45, 2.75) is 43.5 Å². The SMILES string of the molecule is CCOC(=O)CC(Cc1ccc2ccccc2c1)NS(=O)(=O)c1cccc(OCCCCN=c2ccccn2O)c1. The molecule has 1 aromatic heterocycles. The Morgan fingerprint density at radius 2 is 1.78 bits per heavy atom. The van der Waals surface area contributed by atoms with E-state index in [-0.39, 0.29) is 17.9 Å². The maximum absolute atomic E-state index is 13.4. The van der Waals surface area contributed by atoms with Crippen LogP contribution in [0.1, 0.15) is 31.7 Å². The molecule has 1 unspecified atom stereocenters. The van der Waals surface area contributed by atoms with Crippen LogP contribution >= 0.6 is 0 Å². The molecule has 0 saturated carbocycles. The van der Waals surface area contributed by atoms with Gasteiger partial charge in [0.15, 0.2) is 5.49 Å². The molecule has 1 atom stereocenters. The van der Waals surface area contributed by atoms with Crippen LogP contribution in [0.15, 0.2) is 101 Å². The molecule has 9 nitrogen and oxygen atoms in total. The van der Waals surface area contributed by atoms with E-state index in [0.717, 1.165) is 27.5 Å². The van der Waals surface area contributed by atoms with Crippen molar-refractivity contribution >= 4 is 26.8 Å². The molecule has 4 rings (SSSR count). The highest BCUT2D eigenvalue weighted by Crippen LogP contribution is 2.21. The molecule has 0 bridgehead atoms. The van der Waals surface area contributed by atoms with Crippen LogP contribution in [0.25, 0.3) is 10.8 Å². The van der Waals surface area contributed by atoms with Crippen LogP contribution in [-0.2, 0) is 26.0 Å². The van der Waals surface area contributed by atoms with Crippen LogP contribution in [0.3, 0.4) is 0 Å². The Labute approximate surface area is 240 Å². The summed E-state index contributed by atoms with van der Waals surface area (Å²) >= 11 is 0. The Morgan fingerprint density at radius 3 is 2.59 bits per heavy atom. The third-order valence-electron chi connectivity index (χ3n) is 6.37. The lowest BCUT2D eigenvalue weighted by atomic mass is 10.0. The first kappa shape index (κ1) is 29.8. The van der Waals surface area contributed by atoms with Crippen LogP contribution < -0.4 is 14.9 Å². The predicted molar refractivity (Wildman–Crippen MR) is 156 cm³/mol. The summed E-state index contributed by atoms with van der Waals surface area (Å²) in [5.74, 6) is -0.0385. The Hall–Kier alpha value is -4.15. The number of rotatable bonds is 14. The molecule has 0 radical (unpaired) electrons. The number of benzene rings is 3. The number of hydrogen-bond donors (Lipinski definition) is 2. The van der Waals surface area contributed by atoms with Gasteiger partial charge in [-0.15, -0.1) is 0 Å². The van der Waals surface area contributed by atoms with E-state index in [1.807, 2.05) is 42.5 Å². The number of ether oxygens (including phenoxy) is 2. The number of pyridine rings is 1. The quantitative estimate of drug-likeness (QED) is 0.130. The number of aromatic nitrogens is 1. The van der Waals surface area contributed by atoms with Crippen molar-refractivity contribution in [3.05, 3.63) is 102 Å². The Bertz CT molecular complexity index is 1630. The lowest BCUT2D eigenvalue weighted by Gasteiger charge is -2.19. The molecule has 41 heavy (non-hydrogen) atoms. The molecule has 4 aromatic rings. The normalized spacial score (nSPS) is 12.8. The number of sulfonamides is 1. The van der Waals surface area contributed by atoms with Crippen molar-refractivity contribution in [2.75, 3.05) is 19.8 Å². The van der Waals surface area contributed by atoms with E-state index in [1.165, 1.54) is 18.3 Å². The Morgan fingerprint density at radius 1 is 0.976 bits per heavy atom. The third-order valence-corrected chi connectivity index (χ3v) is 7.88.